The van der Waals surface area contributed by atoms with Crippen LogP contribution in [-0.4, -0.2) is 37.2 Å². The van der Waals surface area contributed by atoms with Gasteiger partial charge < -0.3 is 19.5 Å². The van der Waals surface area contributed by atoms with Crippen LogP contribution in [0.15, 0.2) is 40.7 Å². The highest BCUT2D eigenvalue weighted by Crippen LogP contribution is 2.45. The summed E-state index contributed by atoms with van der Waals surface area (Å²) >= 11 is 0. The number of ether oxygens (including phenoxy) is 3. The van der Waals surface area contributed by atoms with Gasteiger partial charge in [-0.2, -0.15) is 8.78 Å². The van der Waals surface area contributed by atoms with Gasteiger partial charge in [-0.3, -0.25) is 10.1 Å². The molecule has 0 spiro atoms. The van der Waals surface area contributed by atoms with Crippen molar-refractivity contribution in [3.63, 3.8) is 0 Å². The van der Waals surface area contributed by atoms with Crippen LogP contribution in [0.1, 0.15) is 18.4 Å². The Labute approximate surface area is 156 Å². The Morgan fingerprint density at radius 1 is 1.43 bits per heavy atom. The number of cyclic esters (lactones) is 1. The molecule has 0 unspecified atom stereocenters. The van der Waals surface area contributed by atoms with Crippen LogP contribution in [-0.2, 0) is 19.1 Å². The third kappa shape index (κ3) is 3.26. The minimum absolute atomic E-state index is 0.0226. The number of benzene rings is 1. The Morgan fingerprint density at radius 3 is 2.75 bits per heavy atom. The molecule has 3 rings (SSSR count). The van der Waals surface area contributed by atoms with Gasteiger partial charge in [0.15, 0.2) is 0 Å². The summed E-state index contributed by atoms with van der Waals surface area (Å²) in [6.07, 6.45) is 0. The molecule has 0 aliphatic carbocycles. The lowest BCUT2D eigenvalue weighted by molar-refractivity contribution is -0.385. The zero-order valence-corrected chi connectivity index (χ0v) is 14.7. The van der Waals surface area contributed by atoms with E-state index in [9.17, 15) is 28.5 Å². The van der Waals surface area contributed by atoms with Gasteiger partial charge in [0.1, 0.15) is 12.4 Å². The Balaban J connectivity index is 2.28. The Hall–Kier alpha value is -3.50. The first kappa shape index (κ1) is 19.3. The molecule has 11 heteroatoms. The summed E-state index contributed by atoms with van der Waals surface area (Å²) in [6, 6.07) is 2.96. The monoisotopic (exact) mass is 396 g/mol. The van der Waals surface area contributed by atoms with Crippen LogP contribution in [0.5, 0.6) is 5.75 Å². The SMILES string of the molecule is COC(=O)C1=C(C)NC2=C(C(=O)OC2)[C@@H]1c1cc([N+](=O)[O-])ccc1OC(F)F. The average Bonchev–Trinajstić information content (AvgIpc) is 3.00. The molecular formula is C17H14F2N2O7. The largest absolute Gasteiger partial charge is 0.466 e. The molecule has 0 saturated heterocycles. The number of carbonyl (C=O) groups excluding carboxylic acids is 2. The summed E-state index contributed by atoms with van der Waals surface area (Å²) in [7, 11) is 1.11. The number of hydrogen-bond donors (Lipinski definition) is 1. The number of hydrogen-bond acceptors (Lipinski definition) is 8. The lowest BCUT2D eigenvalue weighted by Gasteiger charge is -2.28. The van der Waals surface area contributed by atoms with E-state index in [0.29, 0.717) is 11.4 Å². The van der Waals surface area contributed by atoms with Crippen molar-refractivity contribution in [1.82, 2.24) is 5.32 Å². The summed E-state index contributed by atoms with van der Waals surface area (Å²) in [5.74, 6) is -3.27. The molecule has 1 N–H and O–H groups in total. The van der Waals surface area contributed by atoms with Crippen LogP contribution in [0.25, 0.3) is 0 Å². The first-order valence-electron chi connectivity index (χ1n) is 7.94. The summed E-state index contributed by atoms with van der Waals surface area (Å²) < 4.78 is 40.0. The van der Waals surface area contributed by atoms with Crippen LogP contribution in [0.4, 0.5) is 14.5 Å². The van der Waals surface area contributed by atoms with E-state index in [4.69, 9.17) is 9.47 Å². The Morgan fingerprint density at radius 2 is 2.14 bits per heavy atom. The van der Waals surface area contributed by atoms with E-state index >= 15 is 0 Å². The number of dihydropyridines is 1. The highest BCUT2D eigenvalue weighted by atomic mass is 19.3. The third-order valence-electron chi connectivity index (χ3n) is 4.35. The molecule has 1 aromatic rings. The van der Waals surface area contributed by atoms with Gasteiger partial charge in [-0.15, -0.1) is 0 Å². The number of esters is 2. The van der Waals surface area contributed by atoms with E-state index in [2.05, 4.69) is 10.1 Å². The summed E-state index contributed by atoms with van der Waals surface area (Å²) in [6.45, 7) is -1.81. The van der Waals surface area contributed by atoms with Crippen LogP contribution in [0.3, 0.4) is 0 Å². The predicted octanol–water partition coefficient (Wildman–Crippen LogP) is 2.14. The van der Waals surface area contributed by atoms with Gasteiger partial charge in [0.05, 0.1) is 34.8 Å². The molecule has 2 heterocycles. The van der Waals surface area contributed by atoms with E-state index in [1.165, 1.54) is 6.92 Å². The average molecular weight is 396 g/mol. The van der Waals surface area contributed by atoms with E-state index in [1.807, 2.05) is 0 Å². The molecular weight excluding hydrogens is 382 g/mol. The molecule has 0 radical (unpaired) electrons. The van der Waals surface area contributed by atoms with Gasteiger partial charge in [-0.1, -0.05) is 0 Å². The highest BCUT2D eigenvalue weighted by molar-refractivity contribution is 6.01. The zero-order chi connectivity index (χ0) is 20.6. The van der Waals surface area contributed by atoms with Crippen LogP contribution in [0.2, 0.25) is 0 Å². The van der Waals surface area contributed by atoms with Crippen molar-refractivity contribution in [3.8, 4) is 5.75 Å². The van der Waals surface area contributed by atoms with Crippen molar-refractivity contribution in [2.75, 3.05) is 13.7 Å². The molecule has 0 aromatic heterocycles. The Bertz CT molecular complexity index is 939. The number of rotatable bonds is 5. The van der Waals surface area contributed by atoms with Crippen molar-refractivity contribution in [2.45, 2.75) is 19.5 Å². The molecule has 9 nitrogen and oxygen atoms in total. The molecule has 28 heavy (non-hydrogen) atoms. The maximum absolute atomic E-state index is 12.9. The van der Waals surface area contributed by atoms with Crippen LogP contribution >= 0.6 is 0 Å². The number of nitrogens with one attached hydrogen (secondary N) is 1. The number of halogens is 2. The second-order valence-corrected chi connectivity index (χ2v) is 5.91. The van der Waals surface area contributed by atoms with Crippen molar-refractivity contribution in [1.29, 1.82) is 0 Å². The predicted molar refractivity (Wildman–Crippen MR) is 88.3 cm³/mol. The van der Waals surface area contributed by atoms with E-state index in [1.54, 1.807) is 0 Å². The Kier molecular flexibility index (Phi) is 4.99. The number of alkyl halides is 2. The maximum atomic E-state index is 12.9. The molecule has 1 aromatic carbocycles. The van der Waals surface area contributed by atoms with Gasteiger partial charge in [0, 0.05) is 23.4 Å². The van der Waals surface area contributed by atoms with Gasteiger partial charge >= 0.3 is 18.6 Å². The second kappa shape index (κ2) is 7.25. The summed E-state index contributed by atoms with van der Waals surface area (Å²) in [5, 5.41) is 14.1. The fourth-order valence-corrected chi connectivity index (χ4v) is 3.24. The lowest BCUT2D eigenvalue weighted by atomic mass is 9.80. The van der Waals surface area contributed by atoms with Gasteiger partial charge in [0.25, 0.3) is 5.69 Å². The van der Waals surface area contributed by atoms with E-state index in [0.717, 1.165) is 25.3 Å². The summed E-state index contributed by atoms with van der Waals surface area (Å²) in [4.78, 5) is 35.1. The molecule has 0 bridgehead atoms. The number of carbonyl (C=O) groups is 2. The van der Waals surface area contributed by atoms with Gasteiger partial charge in [-0.05, 0) is 13.0 Å². The van der Waals surface area contributed by atoms with E-state index < -0.39 is 40.8 Å². The number of allylic oxidation sites excluding steroid dienone is 1. The normalized spacial score (nSPS) is 18.6. The van der Waals surface area contributed by atoms with E-state index in [-0.39, 0.29) is 23.3 Å². The number of nitro groups is 1. The summed E-state index contributed by atoms with van der Waals surface area (Å²) in [5.41, 5.74) is -0.0454. The smallest absolute Gasteiger partial charge is 0.387 e. The third-order valence-corrected chi connectivity index (χ3v) is 4.35. The first-order valence-corrected chi connectivity index (χ1v) is 7.94. The van der Waals surface area contributed by atoms with Crippen molar-refractivity contribution in [3.05, 3.63) is 56.4 Å². The number of non-ortho nitro benzene ring substituents is 1. The number of nitro benzene ring substituents is 1. The number of methoxy groups -OCH3 is 1. The molecule has 0 amide bonds. The lowest BCUT2D eigenvalue weighted by Crippen LogP contribution is -2.30. The molecule has 148 valence electrons. The molecule has 0 saturated carbocycles. The molecule has 2 aliphatic heterocycles. The fourth-order valence-electron chi connectivity index (χ4n) is 3.24. The molecule has 2 aliphatic rings. The first-order chi connectivity index (χ1) is 13.2. The minimum Gasteiger partial charge on any atom is -0.466 e. The van der Waals surface area contributed by atoms with Gasteiger partial charge in [0.2, 0.25) is 0 Å². The second-order valence-electron chi connectivity index (χ2n) is 5.91. The topological polar surface area (TPSA) is 117 Å². The fraction of sp³-hybridized carbons (Fsp3) is 0.294. The molecule has 0 fully saturated rings. The van der Waals surface area contributed by atoms with Gasteiger partial charge in [-0.25, -0.2) is 9.59 Å². The highest BCUT2D eigenvalue weighted by Gasteiger charge is 2.43. The van der Waals surface area contributed by atoms with Crippen molar-refractivity contribution < 1.29 is 37.5 Å². The number of nitrogens with zero attached hydrogens (tertiary/aromatic N) is 1. The molecule has 1 atom stereocenters. The maximum Gasteiger partial charge on any atom is 0.387 e. The standard InChI is InChI=1S/C17H14F2N2O7/c1-7-12(15(22)26-2)13(14-10(20-7)6-27-16(14)23)9-5-8(21(24)25)3-4-11(9)28-17(18)19/h3-5,13,17,20H,6H2,1-2H3/t13-/m1/s1. The minimum atomic E-state index is -3.22. The zero-order valence-electron chi connectivity index (χ0n) is 14.7. The van der Waals surface area contributed by atoms with Crippen LogP contribution in [0, 0.1) is 10.1 Å². The van der Waals surface area contributed by atoms with Crippen LogP contribution < -0.4 is 10.1 Å². The quantitative estimate of drug-likeness (QED) is 0.457. The van der Waals surface area contributed by atoms with Crippen molar-refractivity contribution in [2.24, 2.45) is 0 Å². The van der Waals surface area contributed by atoms with Crippen molar-refractivity contribution >= 4 is 17.6 Å².